The monoisotopic (exact) mass is 342 g/mol. The summed E-state index contributed by atoms with van der Waals surface area (Å²) in [4.78, 5) is 41.2. The summed E-state index contributed by atoms with van der Waals surface area (Å²) < 4.78 is 1.98. The van der Waals surface area contributed by atoms with Gasteiger partial charge in [-0.1, -0.05) is 12.1 Å². The minimum absolute atomic E-state index is 0.0603. The van der Waals surface area contributed by atoms with E-state index < -0.39 is 0 Å². The zero-order valence-corrected chi connectivity index (χ0v) is 14.7. The van der Waals surface area contributed by atoms with E-state index in [0.717, 1.165) is 15.9 Å². The Hall–Kier alpha value is -2.70. The Morgan fingerprint density at radius 3 is 2.44 bits per heavy atom. The maximum Gasteiger partial charge on any atom is 0.229 e. The van der Waals surface area contributed by atoms with Crippen LogP contribution in [0.25, 0.3) is 11.0 Å². The Balaban J connectivity index is 1.77. The SMILES string of the molecule is CC(C)(C)n1c(NC(=O)CCN2C(=O)CCC2=O)nc2ccccc21. The van der Waals surface area contributed by atoms with Crippen LogP contribution in [-0.4, -0.2) is 38.7 Å². The summed E-state index contributed by atoms with van der Waals surface area (Å²) in [5.74, 6) is -0.217. The number of anilines is 1. The molecule has 0 atom stereocenters. The number of hydrogen-bond acceptors (Lipinski definition) is 4. The average Bonchev–Trinajstić information content (AvgIpc) is 3.05. The molecule has 1 aliphatic rings. The lowest BCUT2D eigenvalue weighted by atomic mass is 10.1. The van der Waals surface area contributed by atoms with Gasteiger partial charge in [0.15, 0.2) is 0 Å². The van der Waals surface area contributed by atoms with Gasteiger partial charge < -0.3 is 4.57 Å². The predicted molar refractivity (Wildman–Crippen MR) is 93.9 cm³/mol. The van der Waals surface area contributed by atoms with Crippen molar-refractivity contribution < 1.29 is 14.4 Å². The number of imide groups is 1. The Bertz CT molecular complexity index is 832. The Labute approximate surface area is 146 Å². The van der Waals surface area contributed by atoms with E-state index in [9.17, 15) is 14.4 Å². The first-order valence-electron chi connectivity index (χ1n) is 8.38. The fourth-order valence-electron chi connectivity index (χ4n) is 3.06. The van der Waals surface area contributed by atoms with Crippen molar-refractivity contribution in [2.75, 3.05) is 11.9 Å². The van der Waals surface area contributed by atoms with E-state index in [1.807, 2.05) is 49.6 Å². The number of benzene rings is 1. The van der Waals surface area contributed by atoms with Gasteiger partial charge in [-0.2, -0.15) is 0 Å². The molecular formula is C18H22N4O3. The number of nitrogens with zero attached hydrogens (tertiary/aromatic N) is 3. The highest BCUT2D eigenvalue weighted by Crippen LogP contribution is 2.28. The average molecular weight is 342 g/mol. The van der Waals surface area contributed by atoms with Crippen molar-refractivity contribution in [2.24, 2.45) is 0 Å². The highest BCUT2D eigenvalue weighted by molar-refractivity contribution is 6.02. The Morgan fingerprint density at radius 2 is 1.80 bits per heavy atom. The first-order chi connectivity index (χ1) is 11.8. The molecule has 2 aromatic rings. The number of para-hydroxylation sites is 2. The summed E-state index contributed by atoms with van der Waals surface area (Å²) in [6.45, 7) is 6.23. The van der Waals surface area contributed by atoms with Crippen LogP contribution in [0.1, 0.15) is 40.0 Å². The van der Waals surface area contributed by atoms with Crippen LogP contribution in [-0.2, 0) is 19.9 Å². The normalized spacial score (nSPS) is 15.2. The number of amides is 3. The lowest BCUT2D eigenvalue weighted by Crippen LogP contribution is -2.33. The van der Waals surface area contributed by atoms with E-state index >= 15 is 0 Å². The third kappa shape index (κ3) is 3.40. The van der Waals surface area contributed by atoms with Crippen molar-refractivity contribution in [1.82, 2.24) is 14.5 Å². The number of carbonyl (C=O) groups is 3. The van der Waals surface area contributed by atoms with Gasteiger partial charge in [0.2, 0.25) is 23.7 Å². The third-order valence-corrected chi connectivity index (χ3v) is 4.20. The molecule has 0 saturated carbocycles. The molecule has 2 heterocycles. The summed E-state index contributed by atoms with van der Waals surface area (Å²) in [5.41, 5.74) is 1.48. The number of nitrogens with one attached hydrogen (secondary N) is 1. The second-order valence-corrected chi connectivity index (χ2v) is 7.17. The van der Waals surface area contributed by atoms with Crippen LogP contribution in [0.3, 0.4) is 0 Å². The molecule has 0 unspecified atom stereocenters. The third-order valence-electron chi connectivity index (χ3n) is 4.20. The highest BCUT2D eigenvalue weighted by Gasteiger charge is 2.29. The van der Waals surface area contributed by atoms with Crippen molar-refractivity contribution in [3.63, 3.8) is 0 Å². The number of aromatic nitrogens is 2. The van der Waals surface area contributed by atoms with Gasteiger partial charge in [0.05, 0.1) is 11.0 Å². The van der Waals surface area contributed by atoms with Crippen LogP contribution in [0.5, 0.6) is 0 Å². The van der Waals surface area contributed by atoms with Crippen LogP contribution in [0.15, 0.2) is 24.3 Å². The van der Waals surface area contributed by atoms with E-state index in [4.69, 9.17) is 0 Å². The largest absolute Gasteiger partial charge is 0.305 e. The fraction of sp³-hybridized carbons (Fsp3) is 0.444. The molecule has 1 saturated heterocycles. The van der Waals surface area contributed by atoms with Gasteiger partial charge in [-0.15, -0.1) is 0 Å². The molecule has 0 radical (unpaired) electrons. The zero-order valence-electron chi connectivity index (χ0n) is 14.7. The van der Waals surface area contributed by atoms with Gasteiger partial charge in [-0.05, 0) is 32.9 Å². The molecule has 3 amide bonds. The molecule has 0 aliphatic carbocycles. The minimum atomic E-state index is -0.270. The van der Waals surface area contributed by atoms with Crippen LogP contribution in [0, 0.1) is 0 Å². The van der Waals surface area contributed by atoms with Crippen molar-refractivity contribution in [1.29, 1.82) is 0 Å². The summed E-state index contributed by atoms with van der Waals surface area (Å²) in [6, 6.07) is 7.70. The van der Waals surface area contributed by atoms with Gasteiger partial charge in [-0.25, -0.2) is 4.98 Å². The van der Waals surface area contributed by atoms with Crippen LogP contribution in [0.2, 0.25) is 0 Å². The molecular weight excluding hydrogens is 320 g/mol. The molecule has 1 N–H and O–H groups in total. The van der Waals surface area contributed by atoms with Gasteiger partial charge in [0.25, 0.3) is 0 Å². The molecule has 25 heavy (non-hydrogen) atoms. The molecule has 0 spiro atoms. The molecule has 1 aromatic carbocycles. The van der Waals surface area contributed by atoms with Crippen molar-refractivity contribution >= 4 is 34.7 Å². The molecule has 1 aliphatic heterocycles. The van der Waals surface area contributed by atoms with E-state index in [1.165, 1.54) is 0 Å². The highest BCUT2D eigenvalue weighted by atomic mass is 16.2. The van der Waals surface area contributed by atoms with Crippen LogP contribution >= 0.6 is 0 Å². The van der Waals surface area contributed by atoms with Crippen molar-refractivity contribution in [3.8, 4) is 0 Å². The van der Waals surface area contributed by atoms with Gasteiger partial charge >= 0.3 is 0 Å². The molecule has 3 rings (SSSR count). The minimum Gasteiger partial charge on any atom is -0.305 e. The fourth-order valence-corrected chi connectivity index (χ4v) is 3.06. The van der Waals surface area contributed by atoms with E-state index in [0.29, 0.717) is 5.95 Å². The maximum absolute atomic E-state index is 12.3. The van der Waals surface area contributed by atoms with Gasteiger partial charge in [0.1, 0.15) is 0 Å². The zero-order chi connectivity index (χ0) is 18.2. The van der Waals surface area contributed by atoms with E-state index in [2.05, 4.69) is 10.3 Å². The summed E-state index contributed by atoms with van der Waals surface area (Å²) >= 11 is 0. The lowest BCUT2D eigenvalue weighted by Gasteiger charge is -2.24. The van der Waals surface area contributed by atoms with Gasteiger partial charge in [-0.3, -0.25) is 24.6 Å². The summed E-state index contributed by atoms with van der Waals surface area (Å²) in [7, 11) is 0. The van der Waals surface area contributed by atoms with Crippen LogP contribution < -0.4 is 5.32 Å². The molecule has 1 aromatic heterocycles. The number of fused-ring (bicyclic) bond motifs is 1. The molecule has 0 bridgehead atoms. The number of carbonyl (C=O) groups excluding carboxylic acids is 3. The number of likely N-dealkylation sites (tertiary alicyclic amines) is 1. The molecule has 1 fully saturated rings. The molecule has 132 valence electrons. The quantitative estimate of drug-likeness (QED) is 0.864. The lowest BCUT2D eigenvalue weighted by molar-refractivity contribution is -0.138. The number of imidazole rings is 1. The van der Waals surface area contributed by atoms with Gasteiger partial charge in [0, 0.05) is 31.3 Å². The second kappa shape index (κ2) is 6.31. The standard InChI is InChI=1S/C18H22N4O3/c1-18(2,3)22-13-7-5-4-6-12(13)19-17(22)20-14(23)10-11-21-15(24)8-9-16(21)25/h4-7H,8-11H2,1-3H3,(H,19,20,23). The van der Waals surface area contributed by atoms with E-state index in [1.54, 1.807) is 0 Å². The molecule has 7 nitrogen and oxygen atoms in total. The van der Waals surface area contributed by atoms with Crippen molar-refractivity contribution in [3.05, 3.63) is 24.3 Å². The Kier molecular flexibility index (Phi) is 4.32. The number of hydrogen-bond donors (Lipinski definition) is 1. The predicted octanol–water partition coefficient (Wildman–Crippen LogP) is 2.27. The first kappa shape index (κ1) is 17.1. The first-order valence-corrected chi connectivity index (χ1v) is 8.38. The summed E-state index contributed by atoms with van der Waals surface area (Å²) in [5, 5.41) is 2.82. The summed E-state index contributed by atoms with van der Waals surface area (Å²) in [6.07, 6.45) is 0.533. The maximum atomic E-state index is 12.3. The number of rotatable bonds is 4. The molecule has 7 heteroatoms. The second-order valence-electron chi connectivity index (χ2n) is 7.17. The smallest absolute Gasteiger partial charge is 0.229 e. The topological polar surface area (TPSA) is 84.3 Å². The van der Waals surface area contributed by atoms with Crippen molar-refractivity contribution in [2.45, 2.75) is 45.6 Å². The van der Waals surface area contributed by atoms with Crippen LogP contribution in [0.4, 0.5) is 5.95 Å². The van der Waals surface area contributed by atoms with E-state index in [-0.39, 0.29) is 49.1 Å². The Morgan fingerprint density at radius 1 is 1.16 bits per heavy atom.